The van der Waals surface area contributed by atoms with Gasteiger partial charge in [0.15, 0.2) is 5.82 Å². The average Bonchev–Trinajstić information content (AvgIpc) is 3.19. The highest BCUT2D eigenvalue weighted by Crippen LogP contribution is 2.54. The van der Waals surface area contributed by atoms with Crippen molar-refractivity contribution in [2.75, 3.05) is 39.3 Å². The Morgan fingerprint density at radius 1 is 1.00 bits per heavy atom. The van der Waals surface area contributed by atoms with Crippen molar-refractivity contribution in [1.82, 2.24) is 39.0 Å². The lowest BCUT2D eigenvalue weighted by Crippen LogP contribution is -2.75. The molecule has 0 bridgehead atoms. The number of hydrogen-bond donors (Lipinski definition) is 0. The maximum atomic E-state index is 13.0. The summed E-state index contributed by atoms with van der Waals surface area (Å²) in [4.78, 5) is 27.0. The van der Waals surface area contributed by atoms with E-state index in [1.807, 2.05) is 25.7 Å². The Labute approximate surface area is 194 Å². The average molecular weight is 477 g/mol. The molecule has 0 aromatic carbocycles. The Bertz CT molecular complexity index is 1110. The van der Waals surface area contributed by atoms with Crippen LogP contribution in [0.4, 0.5) is 18.0 Å². The van der Waals surface area contributed by atoms with E-state index in [-0.39, 0.29) is 33.8 Å². The first-order valence-electron chi connectivity index (χ1n) is 12.0. The first kappa shape index (κ1) is 20.7. The van der Waals surface area contributed by atoms with Crippen LogP contribution in [0.25, 0.3) is 0 Å². The van der Waals surface area contributed by atoms with Gasteiger partial charge < -0.3 is 9.80 Å². The van der Waals surface area contributed by atoms with Crippen molar-refractivity contribution < 1.29 is 18.0 Å². The molecule has 3 aliphatic heterocycles. The first-order chi connectivity index (χ1) is 16.2. The van der Waals surface area contributed by atoms with E-state index < -0.39 is 6.30 Å². The highest BCUT2D eigenvalue weighted by Gasteiger charge is 2.58. The fourth-order valence-electron chi connectivity index (χ4n) is 6.47. The molecule has 0 N–H and O–H groups in total. The van der Waals surface area contributed by atoms with Crippen LogP contribution in [0.3, 0.4) is 0 Å². The molecular weight excluding hydrogens is 449 g/mol. The summed E-state index contributed by atoms with van der Waals surface area (Å²) in [5.74, 6) is 1.56. The molecule has 182 valence electrons. The largest absolute Gasteiger partial charge is 0.489 e. The fourth-order valence-corrected chi connectivity index (χ4v) is 6.47. The molecule has 2 amide bonds. The molecule has 12 heteroatoms. The van der Waals surface area contributed by atoms with Crippen molar-refractivity contribution in [3.05, 3.63) is 30.4 Å². The summed E-state index contributed by atoms with van der Waals surface area (Å²) in [7, 11) is 0. The highest BCUT2D eigenvalue weighted by molar-refractivity contribution is 5.77. The van der Waals surface area contributed by atoms with Crippen LogP contribution in [0.5, 0.6) is 0 Å². The lowest BCUT2D eigenvalue weighted by atomic mass is 9.60. The van der Waals surface area contributed by atoms with Crippen LogP contribution in [0.1, 0.15) is 49.3 Å². The van der Waals surface area contributed by atoms with Gasteiger partial charge in [-0.25, -0.2) is 24.0 Å². The molecule has 0 unspecified atom stereocenters. The Hall–Kier alpha value is -2.63. The molecule has 5 heterocycles. The van der Waals surface area contributed by atoms with E-state index in [0.29, 0.717) is 38.1 Å². The number of carbonyl (C=O) groups is 1. The van der Waals surface area contributed by atoms with Crippen LogP contribution >= 0.6 is 0 Å². The highest BCUT2D eigenvalue weighted by atomic mass is 19.4. The van der Waals surface area contributed by atoms with Gasteiger partial charge in [0, 0.05) is 68.4 Å². The molecule has 0 atom stereocenters. The molecule has 0 radical (unpaired) electrons. The van der Waals surface area contributed by atoms with Crippen LogP contribution in [-0.2, 0) is 12.8 Å². The second kappa shape index (κ2) is 6.73. The van der Waals surface area contributed by atoms with E-state index >= 15 is 0 Å². The predicted molar refractivity (Wildman–Crippen MR) is 112 cm³/mol. The summed E-state index contributed by atoms with van der Waals surface area (Å²) < 4.78 is 41.3. The third-order valence-corrected chi connectivity index (χ3v) is 8.30. The maximum absolute atomic E-state index is 13.0. The minimum atomic E-state index is -4.45. The van der Waals surface area contributed by atoms with Crippen LogP contribution in [0.15, 0.2) is 18.7 Å². The standard InChI is InChI=1S/C22H27F3N8O/c23-22(24,25)32-4-3-26-17(32)7-29-8-21(9-29)12-31(13-21)19(34)30-10-20(11-30)5-16(6-20)33-14-27-18(28-33)15-1-2-15/h3-4,14-16H,1-2,5-13H2. The number of aromatic nitrogens is 5. The maximum Gasteiger partial charge on any atom is 0.489 e. The van der Waals surface area contributed by atoms with Gasteiger partial charge in [0.2, 0.25) is 0 Å². The van der Waals surface area contributed by atoms with Crippen molar-refractivity contribution in [2.45, 2.75) is 50.5 Å². The summed E-state index contributed by atoms with van der Waals surface area (Å²) >= 11 is 0. The second-order valence-corrected chi connectivity index (χ2v) is 11.2. The minimum absolute atomic E-state index is 0.00828. The van der Waals surface area contributed by atoms with Crippen LogP contribution in [0, 0.1) is 10.8 Å². The van der Waals surface area contributed by atoms with E-state index in [4.69, 9.17) is 0 Å². The van der Waals surface area contributed by atoms with E-state index in [0.717, 1.165) is 38.0 Å². The van der Waals surface area contributed by atoms with Crippen molar-refractivity contribution >= 4 is 6.03 Å². The summed E-state index contributed by atoms with van der Waals surface area (Å²) in [6.45, 7) is 4.56. The van der Waals surface area contributed by atoms with Gasteiger partial charge in [0.25, 0.3) is 0 Å². The molecule has 2 aromatic rings. The van der Waals surface area contributed by atoms with Crippen molar-refractivity contribution in [3.63, 3.8) is 0 Å². The van der Waals surface area contributed by atoms with Gasteiger partial charge in [-0.1, -0.05) is 0 Å². The van der Waals surface area contributed by atoms with Crippen molar-refractivity contribution in [1.29, 1.82) is 0 Å². The first-order valence-corrected chi connectivity index (χ1v) is 12.0. The lowest BCUT2D eigenvalue weighted by Gasteiger charge is -2.63. The zero-order valence-corrected chi connectivity index (χ0v) is 18.8. The van der Waals surface area contributed by atoms with Crippen LogP contribution < -0.4 is 0 Å². The predicted octanol–water partition coefficient (Wildman–Crippen LogP) is 2.40. The number of likely N-dealkylation sites (tertiary alicyclic amines) is 3. The van der Waals surface area contributed by atoms with Gasteiger partial charge in [0.05, 0.1) is 12.6 Å². The topological polar surface area (TPSA) is 75.3 Å². The molecule has 2 saturated carbocycles. The number of nitrogens with zero attached hydrogens (tertiary/aromatic N) is 8. The summed E-state index contributed by atoms with van der Waals surface area (Å²) in [6.07, 6.45) is 4.07. The summed E-state index contributed by atoms with van der Waals surface area (Å²) in [5, 5.41) is 4.65. The van der Waals surface area contributed by atoms with E-state index in [1.54, 1.807) is 0 Å². The lowest BCUT2D eigenvalue weighted by molar-refractivity contribution is -0.206. The molecule has 9 nitrogen and oxygen atoms in total. The Morgan fingerprint density at radius 2 is 1.68 bits per heavy atom. The number of hydrogen-bond acceptors (Lipinski definition) is 5. The molecule has 3 saturated heterocycles. The number of imidazole rings is 1. The molecule has 2 spiro atoms. The van der Waals surface area contributed by atoms with Crippen molar-refractivity contribution in [3.8, 4) is 0 Å². The molecule has 2 aliphatic carbocycles. The van der Waals surface area contributed by atoms with Gasteiger partial charge in [-0.3, -0.25) is 4.90 Å². The normalized spacial score (nSPS) is 25.7. The molecule has 7 rings (SSSR count). The molecule has 5 aliphatic rings. The molecule has 5 fully saturated rings. The zero-order chi connectivity index (χ0) is 23.3. The zero-order valence-electron chi connectivity index (χ0n) is 18.8. The quantitative estimate of drug-likeness (QED) is 0.678. The second-order valence-electron chi connectivity index (χ2n) is 11.2. The summed E-state index contributed by atoms with van der Waals surface area (Å²) in [6, 6.07) is 0.501. The van der Waals surface area contributed by atoms with Gasteiger partial charge in [-0.2, -0.15) is 5.10 Å². The molecule has 2 aromatic heterocycles. The minimum Gasteiger partial charge on any atom is -0.323 e. The molecular formula is C22H27F3N8O. The van der Waals surface area contributed by atoms with E-state index in [9.17, 15) is 18.0 Å². The van der Waals surface area contributed by atoms with Gasteiger partial charge in [-0.15, -0.1) is 13.2 Å². The van der Waals surface area contributed by atoms with Gasteiger partial charge in [0.1, 0.15) is 12.2 Å². The SMILES string of the molecule is O=C(N1CC2(CC(n3cnc(C4CC4)n3)C2)C1)N1CC2(CN(Cc3nccn3C(F)(F)F)C2)C1. The summed E-state index contributed by atoms with van der Waals surface area (Å²) in [5.41, 5.74) is 0.268. The van der Waals surface area contributed by atoms with Crippen molar-refractivity contribution in [2.24, 2.45) is 10.8 Å². The number of amides is 2. The van der Waals surface area contributed by atoms with Gasteiger partial charge >= 0.3 is 12.3 Å². The number of halogens is 3. The van der Waals surface area contributed by atoms with Crippen LogP contribution in [-0.4, -0.2) is 84.3 Å². The Morgan fingerprint density at radius 3 is 2.32 bits per heavy atom. The monoisotopic (exact) mass is 476 g/mol. The smallest absolute Gasteiger partial charge is 0.323 e. The number of urea groups is 1. The van der Waals surface area contributed by atoms with Crippen LogP contribution in [0.2, 0.25) is 0 Å². The van der Waals surface area contributed by atoms with E-state index in [2.05, 4.69) is 15.1 Å². The fraction of sp³-hybridized carbons (Fsp3) is 0.727. The van der Waals surface area contributed by atoms with Gasteiger partial charge in [-0.05, 0) is 25.7 Å². The third kappa shape index (κ3) is 3.24. The Kier molecular flexibility index (Phi) is 4.10. The third-order valence-electron chi connectivity index (χ3n) is 8.30. The number of alkyl halides is 3. The van der Waals surface area contributed by atoms with E-state index in [1.165, 1.54) is 19.0 Å². The number of rotatable bonds is 4. The number of carbonyl (C=O) groups excluding carboxylic acids is 1. The molecule has 34 heavy (non-hydrogen) atoms. The Balaban J connectivity index is 0.856.